The molecule has 3 aromatic rings. The lowest BCUT2D eigenvalue weighted by atomic mass is 10.1. The van der Waals surface area contributed by atoms with Crippen LogP contribution in [0.5, 0.6) is 0 Å². The summed E-state index contributed by atoms with van der Waals surface area (Å²) in [5, 5.41) is 4.97. The van der Waals surface area contributed by atoms with Crippen LogP contribution >= 0.6 is 0 Å². The van der Waals surface area contributed by atoms with Crippen LogP contribution in [0, 0.1) is 11.8 Å². The molecular formula is C21H22N6O6S. The number of anilines is 1. The van der Waals surface area contributed by atoms with Gasteiger partial charge in [-0.2, -0.15) is 8.42 Å². The molecule has 2 aliphatic heterocycles. The third-order valence-corrected chi connectivity index (χ3v) is 5.80. The summed E-state index contributed by atoms with van der Waals surface area (Å²) in [4.78, 5) is 13.1. The number of hydrogen-bond acceptors (Lipinski definition) is 10. The van der Waals surface area contributed by atoms with Crippen LogP contribution in [0.4, 0.5) is 5.82 Å². The Hall–Kier alpha value is -3.12. The monoisotopic (exact) mass is 486 g/mol. The second kappa shape index (κ2) is 8.27. The first-order chi connectivity index (χ1) is 16.1. The fourth-order valence-corrected chi connectivity index (χ4v) is 4.33. The van der Waals surface area contributed by atoms with E-state index < -0.39 is 40.6 Å². The predicted octanol–water partition coefficient (Wildman–Crippen LogP) is 0.446. The Kier molecular flexibility index (Phi) is 5.52. The molecule has 0 aliphatic carbocycles. The first-order valence-corrected chi connectivity index (χ1v) is 11.8. The molecule has 2 fully saturated rings. The van der Waals surface area contributed by atoms with Gasteiger partial charge in [0.2, 0.25) is 5.82 Å². The van der Waals surface area contributed by atoms with Gasteiger partial charge in [0.25, 0.3) is 0 Å². The van der Waals surface area contributed by atoms with Crippen LogP contribution in [0.2, 0.25) is 0 Å². The van der Waals surface area contributed by atoms with Gasteiger partial charge in [0.1, 0.15) is 23.8 Å². The van der Waals surface area contributed by atoms with Gasteiger partial charge >= 0.3 is 10.3 Å². The van der Waals surface area contributed by atoms with Crippen molar-refractivity contribution >= 4 is 27.3 Å². The molecular weight excluding hydrogens is 464 g/mol. The van der Waals surface area contributed by atoms with E-state index in [1.807, 2.05) is 30.3 Å². The highest BCUT2D eigenvalue weighted by Gasteiger charge is 2.56. The van der Waals surface area contributed by atoms with Crippen LogP contribution in [0.3, 0.4) is 0 Å². The lowest BCUT2D eigenvalue weighted by molar-refractivity contribution is -0.198. The van der Waals surface area contributed by atoms with E-state index in [0.29, 0.717) is 11.2 Å². The third-order valence-electron chi connectivity index (χ3n) is 5.34. The maximum absolute atomic E-state index is 11.3. The average Bonchev–Trinajstić information content (AvgIpc) is 3.42. The first-order valence-electron chi connectivity index (χ1n) is 10.3. The SMILES string of the molecule is CC1(C)O[C@@H]2[C@H](O1)[C@@H](COS(N)(=O)=O)O[C@H]2n1cnc2c(N)nc(C#Cc3ccccc3)nc21. The van der Waals surface area contributed by atoms with Crippen molar-refractivity contribution in [3.63, 3.8) is 0 Å². The van der Waals surface area contributed by atoms with E-state index in [1.54, 1.807) is 18.4 Å². The lowest BCUT2D eigenvalue weighted by Gasteiger charge is -2.24. The van der Waals surface area contributed by atoms with E-state index in [4.69, 9.17) is 29.3 Å². The minimum absolute atomic E-state index is 0.161. The second-order valence-corrected chi connectivity index (χ2v) is 9.50. The van der Waals surface area contributed by atoms with Crippen LogP contribution in [0.25, 0.3) is 11.2 Å². The number of ether oxygens (including phenoxy) is 3. The average molecular weight is 487 g/mol. The van der Waals surface area contributed by atoms with E-state index >= 15 is 0 Å². The van der Waals surface area contributed by atoms with Gasteiger partial charge in [-0.1, -0.05) is 24.1 Å². The second-order valence-electron chi connectivity index (χ2n) is 8.28. The molecule has 2 saturated heterocycles. The summed E-state index contributed by atoms with van der Waals surface area (Å²) >= 11 is 0. The quantitative estimate of drug-likeness (QED) is 0.494. The van der Waals surface area contributed by atoms with Crippen LogP contribution < -0.4 is 10.9 Å². The number of nitrogens with zero attached hydrogens (tertiary/aromatic N) is 4. The van der Waals surface area contributed by atoms with Gasteiger partial charge in [-0.3, -0.25) is 8.75 Å². The summed E-state index contributed by atoms with van der Waals surface area (Å²) in [5.41, 5.74) is 7.67. The molecule has 12 nitrogen and oxygen atoms in total. The Bertz CT molecular complexity index is 1400. The molecule has 2 aromatic heterocycles. The number of hydrogen-bond donors (Lipinski definition) is 2. The molecule has 178 valence electrons. The standard InChI is InChI=1S/C21H22N6O6S/c1-21(2)32-16-13(10-30-34(23,28)29)31-20(17(16)33-21)27-11-24-15-18(22)25-14(26-19(15)27)9-8-12-6-4-3-5-7-12/h3-7,11,13,16-17,20H,10H2,1-2H3,(H2,22,25,26)(H2,23,28,29)/t13-,16-,17-,20-/m1/s1. The summed E-state index contributed by atoms with van der Waals surface area (Å²) < 4.78 is 47.1. The highest BCUT2D eigenvalue weighted by atomic mass is 32.2. The maximum Gasteiger partial charge on any atom is 0.333 e. The number of imidazole rings is 1. The molecule has 0 spiro atoms. The van der Waals surface area contributed by atoms with Crippen molar-refractivity contribution in [3.8, 4) is 11.8 Å². The molecule has 0 amide bonds. The fraction of sp³-hybridized carbons (Fsp3) is 0.381. The molecule has 0 bridgehead atoms. The molecule has 0 unspecified atom stereocenters. The highest BCUT2D eigenvalue weighted by molar-refractivity contribution is 7.84. The minimum Gasteiger partial charge on any atom is -0.382 e. The van der Waals surface area contributed by atoms with Crippen molar-refractivity contribution < 1.29 is 26.8 Å². The normalized spacial score (nSPS) is 25.7. The number of aromatic nitrogens is 4. The van der Waals surface area contributed by atoms with E-state index in [2.05, 4.69) is 26.8 Å². The Morgan fingerprint density at radius 2 is 1.88 bits per heavy atom. The van der Waals surface area contributed by atoms with Crippen molar-refractivity contribution in [2.24, 2.45) is 5.14 Å². The minimum atomic E-state index is -4.16. The number of fused-ring (bicyclic) bond motifs is 2. The van der Waals surface area contributed by atoms with Gasteiger partial charge in [-0.15, -0.1) is 0 Å². The maximum atomic E-state index is 11.3. The number of rotatable bonds is 4. The summed E-state index contributed by atoms with van der Waals surface area (Å²) in [6, 6.07) is 9.40. The zero-order chi connectivity index (χ0) is 24.1. The van der Waals surface area contributed by atoms with Crippen LogP contribution in [0.15, 0.2) is 36.7 Å². The van der Waals surface area contributed by atoms with E-state index in [0.717, 1.165) is 5.56 Å². The fourth-order valence-electron chi connectivity index (χ4n) is 4.01. The number of nitrogen functional groups attached to an aromatic ring is 1. The van der Waals surface area contributed by atoms with E-state index in [1.165, 1.54) is 6.33 Å². The Morgan fingerprint density at radius 3 is 2.62 bits per heavy atom. The molecule has 0 saturated carbocycles. The molecule has 34 heavy (non-hydrogen) atoms. The predicted molar refractivity (Wildman–Crippen MR) is 119 cm³/mol. The smallest absolute Gasteiger partial charge is 0.333 e. The van der Waals surface area contributed by atoms with Crippen LogP contribution in [-0.2, 0) is 28.7 Å². The zero-order valence-corrected chi connectivity index (χ0v) is 19.1. The number of nitrogens with two attached hydrogens (primary N) is 2. The summed E-state index contributed by atoms with van der Waals surface area (Å²) in [6.45, 7) is 3.17. The molecule has 4 N–H and O–H groups in total. The molecule has 2 aliphatic rings. The molecule has 5 rings (SSSR count). The van der Waals surface area contributed by atoms with E-state index in [9.17, 15) is 8.42 Å². The first kappa shape index (κ1) is 22.7. The van der Waals surface area contributed by atoms with E-state index in [-0.39, 0.29) is 18.2 Å². The molecule has 13 heteroatoms. The van der Waals surface area contributed by atoms with Gasteiger partial charge in [0, 0.05) is 5.56 Å². The zero-order valence-electron chi connectivity index (χ0n) is 18.3. The van der Waals surface area contributed by atoms with Crippen molar-refractivity contribution in [1.29, 1.82) is 0 Å². The largest absolute Gasteiger partial charge is 0.382 e. The van der Waals surface area contributed by atoms with Crippen LogP contribution in [0.1, 0.15) is 31.5 Å². The topological polar surface area (TPSA) is 167 Å². The summed E-state index contributed by atoms with van der Waals surface area (Å²) in [6.07, 6.45) is -1.24. The van der Waals surface area contributed by atoms with Crippen LogP contribution in [-0.4, -0.2) is 58.6 Å². The third kappa shape index (κ3) is 4.47. The van der Waals surface area contributed by atoms with Crippen molar-refractivity contribution in [3.05, 3.63) is 48.0 Å². The van der Waals surface area contributed by atoms with Crippen molar-refractivity contribution in [2.75, 3.05) is 12.3 Å². The highest BCUT2D eigenvalue weighted by Crippen LogP contribution is 2.44. The molecule has 4 heterocycles. The molecule has 0 radical (unpaired) electrons. The summed E-state index contributed by atoms with van der Waals surface area (Å²) in [7, 11) is -4.16. The van der Waals surface area contributed by atoms with Gasteiger partial charge in [0.15, 0.2) is 23.5 Å². The molecule has 1 aromatic carbocycles. The van der Waals surface area contributed by atoms with Gasteiger partial charge < -0.3 is 19.9 Å². The van der Waals surface area contributed by atoms with Gasteiger partial charge in [-0.05, 0) is 31.9 Å². The van der Waals surface area contributed by atoms with Crippen molar-refractivity contribution in [2.45, 2.75) is 44.2 Å². The molecule has 4 atom stereocenters. The number of benzene rings is 1. The Balaban J connectivity index is 1.50. The summed E-state index contributed by atoms with van der Waals surface area (Å²) in [5.74, 6) is 5.36. The Labute approximate surface area is 195 Å². The lowest BCUT2D eigenvalue weighted by Crippen LogP contribution is -2.34. The van der Waals surface area contributed by atoms with Gasteiger partial charge in [0.05, 0.1) is 12.9 Å². The van der Waals surface area contributed by atoms with Gasteiger partial charge in [-0.25, -0.2) is 20.1 Å². The van der Waals surface area contributed by atoms with Crippen molar-refractivity contribution in [1.82, 2.24) is 19.5 Å². The Morgan fingerprint density at radius 1 is 1.15 bits per heavy atom.